The number of carbonyl (C=O) groups excluding carboxylic acids is 1. The van der Waals surface area contributed by atoms with Crippen LogP contribution in [-0.4, -0.2) is 20.4 Å². The van der Waals surface area contributed by atoms with Gasteiger partial charge in [0.15, 0.2) is 0 Å². The van der Waals surface area contributed by atoms with E-state index in [-0.39, 0.29) is 11.6 Å². The van der Waals surface area contributed by atoms with Gasteiger partial charge in [0, 0.05) is 29.9 Å². The van der Waals surface area contributed by atoms with E-state index in [0.29, 0.717) is 22.7 Å². The Morgan fingerprint density at radius 3 is 2.48 bits per heavy atom. The van der Waals surface area contributed by atoms with Gasteiger partial charge in [-0.2, -0.15) is 0 Å². The molecule has 1 aromatic carbocycles. The van der Waals surface area contributed by atoms with E-state index in [2.05, 4.69) is 21.4 Å². The molecule has 0 aliphatic heterocycles. The average Bonchev–Trinajstić information content (AvgIpc) is 3.54. The lowest BCUT2D eigenvalue weighted by Gasteiger charge is -2.11. The van der Waals surface area contributed by atoms with Gasteiger partial charge >= 0.3 is 0 Å². The second-order valence-electron chi connectivity index (χ2n) is 7.07. The first-order valence-corrected chi connectivity index (χ1v) is 9.35. The maximum atomic E-state index is 13.0. The van der Waals surface area contributed by atoms with Crippen LogP contribution in [0.3, 0.4) is 0 Å². The van der Waals surface area contributed by atoms with Crippen molar-refractivity contribution >= 4 is 17.3 Å². The van der Waals surface area contributed by atoms with E-state index >= 15 is 0 Å². The molecule has 0 radical (unpaired) electrons. The molecule has 7 heteroatoms. The maximum absolute atomic E-state index is 13.0. The lowest BCUT2D eigenvalue weighted by molar-refractivity contribution is 0.101. The van der Waals surface area contributed by atoms with Gasteiger partial charge in [-0.3, -0.25) is 10.2 Å². The quantitative estimate of drug-likeness (QED) is 0.689. The smallest absolute Gasteiger partial charge is 0.293 e. The molecule has 29 heavy (non-hydrogen) atoms. The van der Waals surface area contributed by atoms with Crippen molar-refractivity contribution in [2.24, 2.45) is 5.92 Å². The van der Waals surface area contributed by atoms with Crippen LogP contribution in [-0.2, 0) is 0 Å². The third-order valence-corrected chi connectivity index (χ3v) is 4.72. The molecule has 0 atom stereocenters. The lowest BCUT2D eigenvalue weighted by Crippen LogP contribution is -2.20. The van der Waals surface area contributed by atoms with Crippen LogP contribution in [0.25, 0.3) is 16.8 Å². The molecule has 1 aliphatic carbocycles. The minimum atomic E-state index is -0.441. The first-order valence-electron chi connectivity index (χ1n) is 9.35. The molecule has 146 valence electrons. The molecule has 2 heterocycles. The van der Waals surface area contributed by atoms with Gasteiger partial charge in [-0.1, -0.05) is 18.2 Å². The summed E-state index contributed by atoms with van der Waals surface area (Å²) in [5.74, 6) is -0.136. The Hall–Kier alpha value is -3.61. The van der Waals surface area contributed by atoms with Crippen molar-refractivity contribution in [3.8, 4) is 11.1 Å². The molecule has 0 saturated heterocycles. The van der Waals surface area contributed by atoms with Crippen molar-refractivity contribution in [3.63, 3.8) is 0 Å². The van der Waals surface area contributed by atoms with Crippen LogP contribution < -0.4 is 10.8 Å². The Balaban J connectivity index is 1.50. The Labute approximate surface area is 167 Å². The number of nitrogens with one attached hydrogen (secondary N) is 2. The molecule has 0 bridgehead atoms. The third kappa shape index (κ3) is 4.45. The highest BCUT2D eigenvalue weighted by Gasteiger charge is 2.19. The van der Waals surface area contributed by atoms with Gasteiger partial charge in [-0.25, -0.2) is 14.4 Å². The van der Waals surface area contributed by atoms with Gasteiger partial charge in [0.05, 0.1) is 5.69 Å². The third-order valence-electron chi connectivity index (χ3n) is 4.72. The van der Waals surface area contributed by atoms with Crippen molar-refractivity contribution in [3.05, 3.63) is 78.2 Å². The molecule has 2 aromatic heterocycles. The zero-order valence-corrected chi connectivity index (χ0v) is 15.9. The number of anilines is 1. The fourth-order valence-corrected chi connectivity index (χ4v) is 2.97. The van der Waals surface area contributed by atoms with Crippen LogP contribution in [0.2, 0.25) is 0 Å². The van der Waals surface area contributed by atoms with Gasteiger partial charge < -0.3 is 9.88 Å². The summed E-state index contributed by atoms with van der Waals surface area (Å²) in [6, 6.07) is 9.30. The number of amides is 1. The zero-order valence-electron chi connectivity index (χ0n) is 15.9. The zero-order chi connectivity index (χ0) is 20.4. The molecule has 0 spiro atoms. The molecule has 0 unspecified atom stereocenters. The normalized spacial score (nSPS) is 13.9. The van der Waals surface area contributed by atoms with Crippen LogP contribution in [0.4, 0.5) is 10.1 Å². The number of nitrogens with zero attached hydrogens (tertiary/aromatic N) is 3. The maximum Gasteiger partial charge on any atom is 0.293 e. The number of carbonyl (C=O) groups is 1. The molecule has 4 rings (SSSR count). The number of benzene rings is 1. The Morgan fingerprint density at radius 1 is 1.14 bits per heavy atom. The lowest BCUT2D eigenvalue weighted by atomic mass is 10.1. The van der Waals surface area contributed by atoms with Gasteiger partial charge in [-0.15, -0.1) is 0 Å². The highest BCUT2D eigenvalue weighted by molar-refractivity contribution is 6.01. The molecule has 1 aliphatic rings. The molecular weight excluding hydrogens is 369 g/mol. The molecule has 1 saturated carbocycles. The van der Waals surface area contributed by atoms with Crippen molar-refractivity contribution < 1.29 is 9.18 Å². The number of allylic oxidation sites excluding steroid dienone is 2. The van der Waals surface area contributed by atoms with Crippen LogP contribution in [0.5, 0.6) is 0 Å². The summed E-state index contributed by atoms with van der Waals surface area (Å²) in [6.45, 7) is 1.96. The standard InChI is InChI=1S/C22H20FN5O/c1-14(10-15-2-3-15)28-13-19(8-9-20(28)24)27-22(29)21-25-11-17(12-26-21)16-4-6-18(23)7-5-16/h4-13,15,24H,2-3H2,1H3,(H,27,29)/b14-10+,24-20?. The van der Waals surface area contributed by atoms with Crippen molar-refractivity contribution in [1.82, 2.24) is 14.5 Å². The monoisotopic (exact) mass is 389 g/mol. The Bertz CT molecular complexity index is 1130. The fourth-order valence-electron chi connectivity index (χ4n) is 2.97. The molecule has 1 fully saturated rings. The predicted molar refractivity (Wildman–Crippen MR) is 108 cm³/mol. The van der Waals surface area contributed by atoms with Gasteiger partial charge in [-0.05, 0) is 55.5 Å². The molecule has 3 aromatic rings. The first-order chi connectivity index (χ1) is 14.0. The van der Waals surface area contributed by atoms with E-state index in [0.717, 1.165) is 11.3 Å². The van der Waals surface area contributed by atoms with E-state index in [1.165, 1.54) is 37.4 Å². The minimum absolute atomic E-state index is 0.0302. The van der Waals surface area contributed by atoms with E-state index in [9.17, 15) is 9.18 Å². The topological polar surface area (TPSA) is 83.7 Å². The second-order valence-corrected chi connectivity index (χ2v) is 7.07. The summed E-state index contributed by atoms with van der Waals surface area (Å²) in [5.41, 5.74) is 3.33. The van der Waals surface area contributed by atoms with Crippen LogP contribution in [0.15, 0.2) is 61.1 Å². The van der Waals surface area contributed by atoms with Crippen molar-refractivity contribution in [1.29, 1.82) is 5.41 Å². The highest BCUT2D eigenvalue weighted by atomic mass is 19.1. The minimum Gasteiger partial charge on any atom is -0.318 e. The van der Waals surface area contributed by atoms with Gasteiger partial charge in [0.25, 0.3) is 5.91 Å². The summed E-state index contributed by atoms with van der Waals surface area (Å²) in [6.07, 6.45) is 9.32. The number of aromatic nitrogens is 3. The summed E-state index contributed by atoms with van der Waals surface area (Å²) in [4.78, 5) is 20.8. The average molecular weight is 389 g/mol. The number of hydrogen-bond donors (Lipinski definition) is 2. The van der Waals surface area contributed by atoms with Gasteiger partial charge in [0.1, 0.15) is 11.3 Å². The van der Waals surface area contributed by atoms with E-state index < -0.39 is 5.91 Å². The molecule has 2 N–H and O–H groups in total. The van der Waals surface area contributed by atoms with Crippen LogP contribution in [0, 0.1) is 17.1 Å². The predicted octanol–water partition coefficient (Wildman–Crippen LogP) is 4.09. The Morgan fingerprint density at radius 2 is 1.83 bits per heavy atom. The summed E-state index contributed by atoms with van der Waals surface area (Å²) >= 11 is 0. The molecular formula is C22H20FN5O. The van der Waals surface area contributed by atoms with Gasteiger partial charge in [0.2, 0.25) is 5.82 Å². The Kier molecular flexibility index (Phi) is 5.03. The van der Waals surface area contributed by atoms with Crippen molar-refractivity contribution in [2.75, 3.05) is 5.32 Å². The highest BCUT2D eigenvalue weighted by Crippen LogP contribution is 2.31. The summed E-state index contributed by atoms with van der Waals surface area (Å²) in [5, 5.41) is 10.9. The van der Waals surface area contributed by atoms with Crippen molar-refractivity contribution in [2.45, 2.75) is 19.8 Å². The molecule has 6 nitrogen and oxygen atoms in total. The molecule has 1 amide bonds. The number of hydrogen-bond acceptors (Lipinski definition) is 4. The van der Waals surface area contributed by atoms with E-state index in [1.54, 1.807) is 35.0 Å². The first kappa shape index (κ1) is 18.7. The van der Waals surface area contributed by atoms with Crippen LogP contribution in [0.1, 0.15) is 30.4 Å². The number of halogens is 1. The summed E-state index contributed by atoms with van der Waals surface area (Å²) in [7, 11) is 0. The fraction of sp³-hybridized carbons (Fsp3) is 0.182. The number of rotatable bonds is 5. The second kappa shape index (κ2) is 7.79. The summed E-state index contributed by atoms with van der Waals surface area (Å²) < 4.78 is 14.8. The SMILES string of the molecule is C/C(=C\C1CC1)n1cc(NC(=O)c2ncc(-c3ccc(F)cc3)cn2)ccc1=N. The largest absolute Gasteiger partial charge is 0.318 e. The number of pyridine rings is 1. The van der Waals surface area contributed by atoms with E-state index in [4.69, 9.17) is 5.41 Å². The van der Waals surface area contributed by atoms with Crippen LogP contribution >= 0.6 is 0 Å². The van der Waals surface area contributed by atoms with E-state index in [1.807, 2.05) is 6.92 Å².